The zero-order chi connectivity index (χ0) is 16.6. The third-order valence-electron chi connectivity index (χ3n) is 3.45. The topological polar surface area (TPSA) is 112 Å². The predicted molar refractivity (Wildman–Crippen MR) is 87.2 cm³/mol. The van der Waals surface area contributed by atoms with Gasteiger partial charge in [-0.15, -0.1) is 0 Å². The van der Waals surface area contributed by atoms with Crippen molar-refractivity contribution in [2.24, 2.45) is 0 Å². The van der Waals surface area contributed by atoms with Gasteiger partial charge >= 0.3 is 5.69 Å². The Morgan fingerprint density at radius 1 is 1.00 bits per heavy atom. The molecule has 0 fully saturated rings. The molecule has 7 nitrogen and oxygen atoms in total. The largest absolute Gasteiger partial charge is 0.325 e. The summed E-state index contributed by atoms with van der Waals surface area (Å²) in [4.78, 5) is 26.9. The van der Waals surface area contributed by atoms with Crippen LogP contribution in [0.5, 0.6) is 0 Å². The summed E-state index contributed by atoms with van der Waals surface area (Å²) in [6.45, 7) is 1.89. The van der Waals surface area contributed by atoms with Crippen LogP contribution in [0.15, 0.2) is 57.1 Å². The molecule has 0 unspecified atom stereocenters. The zero-order valence-corrected chi connectivity index (χ0v) is 12.9. The first-order valence-electron chi connectivity index (χ1n) is 6.72. The fraction of sp³-hybridized carbons (Fsp3) is 0.0667. The molecule has 2 aromatic carbocycles. The van der Waals surface area contributed by atoms with Crippen molar-refractivity contribution in [3.8, 4) is 0 Å². The molecule has 0 atom stereocenters. The van der Waals surface area contributed by atoms with Gasteiger partial charge in [-0.3, -0.25) is 14.5 Å². The molecule has 0 aliphatic carbocycles. The van der Waals surface area contributed by atoms with Gasteiger partial charge in [-0.2, -0.15) is 0 Å². The van der Waals surface area contributed by atoms with Gasteiger partial charge in [0.05, 0.1) is 4.90 Å². The van der Waals surface area contributed by atoms with E-state index in [-0.39, 0.29) is 10.6 Å². The summed E-state index contributed by atoms with van der Waals surface area (Å²) in [5, 5.41) is 1.37. The average Bonchev–Trinajstić information content (AvgIpc) is 2.50. The minimum absolute atomic E-state index is 0.0595. The number of hydrogen-bond donors (Lipinski definition) is 3. The lowest BCUT2D eigenvalue weighted by molar-refractivity contribution is 0.602. The van der Waals surface area contributed by atoms with Crippen LogP contribution in [0.3, 0.4) is 0 Å². The number of H-pyrrole nitrogens is 2. The SMILES string of the molecule is Cc1cccc2c(S(=O)(=O)Nc3c[nH]c(=O)[nH]c3=O)cccc12. The maximum absolute atomic E-state index is 12.6. The molecule has 1 aromatic heterocycles. The van der Waals surface area contributed by atoms with E-state index < -0.39 is 21.3 Å². The number of sulfonamides is 1. The Labute approximate surface area is 131 Å². The van der Waals surface area contributed by atoms with Crippen molar-refractivity contribution in [1.29, 1.82) is 0 Å². The van der Waals surface area contributed by atoms with Crippen molar-refractivity contribution in [3.63, 3.8) is 0 Å². The van der Waals surface area contributed by atoms with Gasteiger partial charge in [-0.1, -0.05) is 30.3 Å². The molecule has 0 aliphatic rings. The van der Waals surface area contributed by atoms with E-state index >= 15 is 0 Å². The van der Waals surface area contributed by atoms with Crippen molar-refractivity contribution in [1.82, 2.24) is 9.97 Å². The number of anilines is 1. The van der Waals surface area contributed by atoms with Crippen LogP contribution >= 0.6 is 0 Å². The molecule has 0 saturated carbocycles. The third kappa shape index (κ3) is 2.76. The van der Waals surface area contributed by atoms with Crippen LogP contribution in [0.25, 0.3) is 10.8 Å². The first-order chi connectivity index (χ1) is 10.9. The van der Waals surface area contributed by atoms with Gasteiger partial charge in [-0.05, 0) is 23.9 Å². The van der Waals surface area contributed by atoms with E-state index in [1.54, 1.807) is 18.2 Å². The summed E-state index contributed by atoms with van der Waals surface area (Å²) >= 11 is 0. The smallest absolute Gasteiger partial charge is 0.312 e. The number of benzene rings is 2. The number of fused-ring (bicyclic) bond motifs is 1. The highest BCUT2D eigenvalue weighted by Crippen LogP contribution is 2.26. The molecule has 0 radical (unpaired) electrons. The highest BCUT2D eigenvalue weighted by Gasteiger charge is 2.19. The second-order valence-corrected chi connectivity index (χ2v) is 6.67. The monoisotopic (exact) mass is 331 g/mol. The van der Waals surface area contributed by atoms with E-state index in [1.165, 1.54) is 6.07 Å². The van der Waals surface area contributed by atoms with Gasteiger partial charge in [0.1, 0.15) is 5.69 Å². The molecular formula is C15H13N3O4S. The van der Waals surface area contributed by atoms with Crippen LogP contribution in [0, 0.1) is 6.92 Å². The van der Waals surface area contributed by atoms with E-state index in [1.807, 2.05) is 24.0 Å². The molecule has 3 N–H and O–H groups in total. The number of aromatic amines is 2. The summed E-state index contributed by atoms with van der Waals surface area (Å²) in [5.41, 5.74) is -0.830. The van der Waals surface area contributed by atoms with E-state index in [0.29, 0.717) is 5.39 Å². The highest BCUT2D eigenvalue weighted by molar-refractivity contribution is 7.93. The molecule has 0 bridgehead atoms. The lowest BCUT2D eigenvalue weighted by atomic mass is 10.1. The van der Waals surface area contributed by atoms with Crippen LogP contribution in [0.1, 0.15) is 5.56 Å². The van der Waals surface area contributed by atoms with Crippen molar-refractivity contribution in [2.45, 2.75) is 11.8 Å². The number of rotatable bonds is 3. The van der Waals surface area contributed by atoms with E-state index in [4.69, 9.17) is 0 Å². The molecule has 0 saturated heterocycles. The maximum atomic E-state index is 12.6. The Balaban J connectivity index is 2.15. The normalized spacial score (nSPS) is 11.5. The molecule has 1 heterocycles. The average molecular weight is 331 g/mol. The summed E-state index contributed by atoms with van der Waals surface area (Å²) in [6, 6.07) is 10.3. The molecule has 3 rings (SSSR count). The Kier molecular flexibility index (Phi) is 3.53. The lowest BCUT2D eigenvalue weighted by Gasteiger charge is -2.10. The minimum Gasteiger partial charge on any atom is -0.312 e. The molecule has 23 heavy (non-hydrogen) atoms. The number of aromatic nitrogens is 2. The Morgan fingerprint density at radius 3 is 2.43 bits per heavy atom. The fourth-order valence-electron chi connectivity index (χ4n) is 2.36. The van der Waals surface area contributed by atoms with Gasteiger partial charge in [0.15, 0.2) is 0 Å². The van der Waals surface area contributed by atoms with Crippen LogP contribution in [0.2, 0.25) is 0 Å². The molecule has 0 spiro atoms. The van der Waals surface area contributed by atoms with Crippen LogP contribution in [-0.4, -0.2) is 18.4 Å². The number of hydrogen-bond acceptors (Lipinski definition) is 4. The Hall–Kier alpha value is -2.87. The third-order valence-corrected chi connectivity index (χ3v) is 4.88. The van der Waals surface area contributed by atoms with Crippen LogP contribution < -0.4 is 16.0 Å². The van der Waals surface area contributed by atoms with Gasteiger partial charge in [0.25, 0.3) is 15.6 Å². The van der Waals surface area contributed by atoms with Crippen molar-refractivity contribution >= 4 is 26.5 Å². The van der Waals surface area contributed by atoms with Gasteiger partial charge in [0, 0.05) is 11.6 Å². The summed E-state index contributed by atoms with van der Waals surface area (Å²) in [7, 11) is -3.98. The predicted octanol–water partition coefficient (Wildman–Crippen LogP) is 1.33. The standard InChI is InChI=1S/C15H13N3O4S/c1-9-4-2-6-11-10(9)5-3-7-13(11)23(21,22)18-12-8-16-15(20)17-14(12)19/h2-8,18H,1H3,(H2,16,17,19,20). The van der Waals surface area contributed by atoms with Crippen molar-refractivity contribution in [2.75, 3.05) is 4.72 Å². The Morgan fingerprint density at radius 2 is 1.70 bits per heavy atom. The quantitative estimate of drug-likeness (QED) is 0.672. The molecular weight excluding hydrogens is 318 g/mol. The lowest BCUT2D eigenvalue weighted by Crippen LogP contribution is -2.26. The summed E-state index contributed by atoms with van der Waals surface area (Å²) < 4.78 is 27.4. The van der Waals surface area contributed by atoms with Crippen LogP contribution in [-0.2, 0) is 10.0 Å². The Bertz CT molecular complexity index is 1110. The highest BCUT2D eigenvalue weighted by atomic mass is 32.2. The first-order valence-corrected chi connectivity index (χ1v) is 8.20. The molecule has 118 valence electrons. The second kappa shape index (κ2) is 5.40. The number of aryl methyl sites for hydroxylation is 1. The van der Waals surface area contributed by atoms with Crippen LogP contribution in [0.4, 0.5) is 5.69 Å². The molecule has 8 heteroatoms. The van der Waals surface area contributed by atoms with Gasteiger partial charge in [-0.25, -0.2) is 13.2 Å². The minimum atomic E-state index is -3.98. The molecule has 0 amide bonds. The van der Waals surface area contributed by atoms with Crippen molar-refractivity contribution in [3.05, 3.63) is 69.0 Å². The molecule has 3 aromatic rings. The first kappa shape index (κ1) is 15.0. The van der Waals surface area contributed by atoms with E-state index in [0.717, 1.165) is 17.1 Å². The van der Waals surface area contributed by atoms with E-state index in [9.17, 15) is 18.0 Å². The van der Waals surface area contributed by atoms with E-state index in [2.05, 4.69) is 9.71 Å². The number of nitrogens with one attached hydrogen (secondary N) is 3. The molecule has 0 aliphatic heterocycles. The fourth-order valence-corrected chi connectivity index (χ4v) is 3.63. The maximum Gasteiger partial charge on any atom is 0.325 e. The second-order valence-electron chi connectivity index (χ2n) is 5.02. The summed E-state index contributed by atoms with van der Waals surface area (Å²) in [5.74, 6) is 0. The van der Waals surface area contributed by atoms with Gasteiger partial charge < -0.3 is 4.98 Å². The summed E-state index contributed by atoms with van der Waals surface area (Å²) in [6.07, 6.45) is 1.02. The zero-order valence-electron chi connectivity index (χ0n) is 12.1. The van der Waals surface area contributed by atoms with Crippen molar-refractivity contribution < 1.29 is 8.42 Å². The van der Waals surface area contributed by atoms with Gasteiger partial charge in [0.2, 0.25) is 0 Å².